The van der Waals surface area contributed by atoms with Crippen LogP contribution in [0.1, 0.15) is 19.8 Å². The second kappa shape index (κ2) is 5.63. The van der Waals surface area contributed by atoms with Crippen molar-refractivity contribution in [2.45, 2.75) is 31.9 Å². The molecule has 2 atom stereocenters. The van der Waals surface area contributed by atoms with E-state index in [2.05, 4.69) is 46.7 Å². The number of aryl methyl sites for hydroxylation is 1. The monoisotopic (exact) mass is 272 g/mol. The predicted octanol–water partition coefficient (Wildman–Crippen LogP) is 2.46. The average molecular weight is 272 g/mol. The zero-order chi connectivity index (χ0) is 13.9. The molecule has 2 aromatic rings. The molecule has 1 N–H and O–H groups in total. The van der Waals surface area contributed by atoms with Crippen LogP contribution < -0.4 is 5.32 Å². The van der Waals surface area contributed by atoms with Gasteiger partial charge in [-0.15, -0.1) is 10.2 Å². The molecule has 0 spiro atoms. The van der Waals surface area contributed by atoms with Crippen molar-refractivity contribution >= 4 is 5.69 Å². The molecule has 1 fully saturated rings. The molecule has 0 bridgehead atoms. The molecular formula is C15H20N4O. The van der Waals surface area contributed by atoms with E-state index in [1.165, 1.54) is 0 Å². The Morgan fingerprint density at radius 1 is 1.40 bits per heavy atom. The zero-order valence-electron chi connectivity index (χ0n) is 11.9. The Bertz CT molecular complexity index is 581. The second-order valence-corrected chi connectivity index (χ2v) is 5.39. The van der Waals surface area contributed by atoms with E-state index < -0.39 is 0 Å². The van der Waals surface area contributed by atoms with E-state index in [-0.39, 0.29) is 0 Å². The number of nitrogens with one attached hydrogen (secondary N) is 1. The third-order valence-electron chi connectivity index (χ3n) is 3.69. The molecule has 106 valence electrons. The minimum absolute atomic E-state index is 0.336. The van der Waals surface area contributed by atoms with Gasteiger partial charge in [0.05, 0.1) is 6.10 Å². The minimum atomic E-state index is 0.336. The molecule has 0 saturated carbocycles. The number of aromatic nitrogens is 3. The third-order valence-corrected chi connectivity index (χ3v) is 3.69. The highest BCUT2D eigenvalue weighted by Crippen LogP contribution is 2.23. The number of anilines is 1. The van der Waals surface area contributed by atoms with Crippen LogP contribution in [0.4, 0.5) is 5.69 Å². The van der Waals surface area contributed by atoms with Gasteiger partial charge in [-0.05, 0) is 31.9 Å². The van der Waals surface area contributed by atoms with Crippen molar-refractivity contribution in [1.29, 1.82) is 0 Å². The fourth-order valence-corrected chi connectivity index (χ4v) is 2.66. The van der Waals surface area contributed by atoms with Crippen LogP contribution in [0, 0.1) is 0 Å². The quantitative estimate of drug-likeness (QED) is 0.932. The van der Waals surface area contributed by atoms with E-state index in [9.17, 15) is 0 Å². The Morgan fingerprint density at radius 2 is 2.30 bits per heavy atom. The van der Waals surface area contributed by atoms with E-state index in [0.717, 1.165) is 36.5 Å². The maximum Gasteiger partial charge on any atom is 0.163 e. The van der Waals surface area contributed by atoms with Crippen molar-refractivity contribution < 1.29 is 4.74 Å². The van der Waals surface area contributed by atoms with Gasteiger partial charge in [0.2, 0.25) is 0 Å². The van der Waals surface area contributed by atoms with E-state index in [1.54, 1.807) is 6.33 Å². The van der Waals surface area contributed by atoms with Crippen LogP contribution in [0.3, 0.4) is 0 Å². The Kier molecular flexibility index (Phi) is 3.69. The minimum Gasteiger partial charge on any atom is -0.382 e. The van der Waals surface area contributed by atoms with Gasteiger partial charge >= 0.3 is 0 Å². The fraction of sp³-hybridized carbons (Fsp3) is 0.467. The van der Waals surface area contributed by atoms with Gasteiger partial charge in [0.25, 0.3) is 0 Å². The molecule has 1 aromatic heterocycles. The Balaban J connectivity index is 1.76. The number of nitrogens with zero attached hydrogens (tertiary/aromatic N) is 3. The molecular weight excluding hydrogens is 252 g/mol. The lowest BCUT2D eigenvalue weighted by Crippen LogP contribution is -2.32. The van der Waals surface area contributed by atoms with Crippen LogP contribution in [-0.2, 0) is 11.8 Å². The summed E-state index contributed by atoms with van der Waals surface area (Å²) in [5, 5.41) is 11.7. The maximum absolute atomic E-state index is 5.58. The molecule has 1 aliphatic rings. The number of hydrogen-bond acceptors (Lipinski definition) is 4. The predicted molar refractivity (Wildman–Crippen MR) is 78.5 cm³/mol. The molecule has 20 heavy (non-hydrogen) atoms. The lowest BCUT2D eigenvalue weighted by atomic mass is 10.0. The molecule has 2 unspecified atom stereocenters. The molecule has 1 saturated heterocycles. The molecule has 1 aromatic carbocycles. The van der Waals surface area contributed by atoms with Crippen molar-refractivity contribution in [3.05, 3.63) is 30.6 Å². The Morgan fingerprint density at radius 3 is 3.05 bits per heavy atom. The highest BCUT2D eigenvalue weighted by Gasteiger charge is 2.19. The van der Waals surface area contributed by atoms with Crippen molar-refractivity contribution in [2.75, 3.05) is 11.9 Å². The molecule has 1 aliphatic heterocycles. The summed E-state index contributed by atoms with van der Waals surface area (Å²) in [6, 6.07) is 8.81. The van der Waals surface area contributed by atoms with E-state index >= 15 is 0 Å². The van der Waals surface area contributed by atoms with E-state index in [0.29, 0.717) is 12.1 Å². The number of rotatable bonds is 3. The van der Waals surface area contributed by atoms with Gasteiger partial charge in [-0.1, -0.05) is 12.1 Å². The summed E-state index contributed by atoms with van der Waals surface area (Å²) in [5.41, 5.74) is 2.21. The molecule has 2 heterocycles. The van der Waals surface area contributed by atoms with Gasteiger partial charge in [0.15, 0.2) is 5.82 Å². The smallest absolute Gasteiger partial charge is 0.163 e. The van der Waals surface area contributed by atoms with Crippen LogP contribution >= 0.6 is 0 Å². The van der Waals surface area contributed by atoms with Crippen LogP contribution in [0.25, 0.3) is 11.4 Å². The summed E-state index contributed by atoms with van der Waals surface area (Å²) in [4.78, 5) is 0. The van der Waals surface area contributed by atoms with Crippen molar-refractivity contribution in [3.63, 3.8) is 0 Å². The molecule has 3 rings (SSSR count). The van der Waals surface area contributed by atoms with E-state index in [4.69, 9.17) is 4.74 Å². The van der Waals surface area contributed by atoms with Gasteiger partial charge in [0, 0.05) is 30.9 Å². The van der Waals surface area contributed by atoms with Crippen molar-refractivity contribution in [1.82, 2.24) is 14.8 Å². The summed E-state index contributed by atoms with van der Waals surface area (Å²) in [6.45, 7) is 2.96. The summed E-state index contributed by atoms with van der Waals surface area (Å²) in [6.07, 6.45) is 4.16. The van der Waals surface area contributed by atoms with Crippen molar-refractivity contribution in [2.24, 2.45) is 7.05 Å². The Hall–Kier alpha value is -1.88. The number of hydrogen-bond donors (Lipinski definition) is 1. The second-order valence-electron chi connectivity index (χ2n) is 5.39. The lowest BCUT2D eigenvalue weighted by Gasteiger charge is -2.28. The van der Waals surface area contributed by atoms with Crippen LogP contribution in [-0.4, -0.2) is 33.5 Å². The first-order valence-corrected chi connectivity index (χ1v) is 7.05. The SMILES string of the molecule is CC1CC(Nc2cccc(-c3nncn3C)c2)CCO1. The highest BCUT2D eigenvalue weighted by atomic mass is 16.5. The third kappa shape index (κ3) is 2.82. The standard InChI is InChI=1S/C15H20N4O/c1-11-8-14(6-7-20-11)17-13-5-3-4-12(9-13)15-18-16-10-19(15)2/h3-5,9-11,14,17H,6-8H2,1-2H3. The van der Waals surface area contributed by atoms with Crippen LogP contribution in [0.5, 0.6) is 0 Å². The fourth-order valence-electron chi connectivity index (χ4n) is 2.66. The van der Waals surface area contributed by atoms with Gasteiger partial charge in [-0.2, -0.15) is 0 Å². The van der Waals surface area contributed by atoms with Crippen LogP contribution in [0.15, 0.2) is 30.6 Å². The zero-order valence-corrected chi connectivity index (χ0v) is 11.9. The normalized spacial score (nSPS) is 22.7. The first-order chi connectivity index (χ1) is 9.72. The van der Waals surface area contributed by atoms with Gasteiger partial charge in [-0.3, -0.25) is 0 Å². The largest absolute Gasteiger partial charge is 0.382 e. The molecule has 0 radical (unpaired) electrons. The van der Waals surface area contributed by atoms with Gasteiger partial charge in [-0.25, -0.2) is 0 Å². The first-order valence-electron chi connectivity index (χ1n) is 7.05. The summed E-state index contributed by atoms with van der Waals surface area (Å²) < 4.78 is 7.51. The molecule has 5 heteroatoms. The topological polar surface area (TPSA) is 52.0 Å². The lowest BCUT2D eigenvalue weighted by molar-refractivity contribution is 0.0232. The summed E-state index contributed by atoms with van der Waals surface area (Å²) in [7, 11) is 1.95. The average Bonchev–Trinajstić information content (AvgIpc) is 2.85. The molecule has 5 nitrogen and oxygen atoms in total. The molecule has 0 amide bonds. The highest BCUT2D eigenvalue weighted by molar-refractivity contribution is 5.62. The molecule has 0 aliphatic carbocycles. The summed E-state index contributed by atoms with van der Waals surface area (Å²) in [5.74, 6) is 0.883. The Labute approximate surface area is 119 Å². The van der Waals surface area contributed by atoms with Gasteiger partial charge < -0.3 is 14.6 Å². The number of ether oxygens (including phenoxy) is 1. The summed E-state index contributed by atoms with van der Waals surface area (Å²) >= 11 is 0. The van der Waals surface area contributed by atoms with Crippen LogP contribution in [0.2, 0.25) is 0 Å². The maximum atomic E-state index is 5.58. The first kappa shape index (κ1) is 13.1. The van der Waals surface area contributed by atoms with Gasteiger partial charge in [0.1, 0.15) is 6.33 Å². The van der Waals surface area contributed by atoms with Crippen molar-refractivity contribution in [3.8, 4) is 11.4 Å². The number of benzene rings is 1. The van der Waals surface area contributed by atoms with E-state index in [1.807, 2.05) is 11.6 Å².